The summed E-state index contributed by atoms with van der Waals surface area (Å²) < 4.78 is 9.27. The van der Waals surface area contributed by atoms with Crippen LogP contribution >= 0.6 is 0 Å². The van der Waals surface area contributed by atoms with Gasteiger partial charge >= 0.3 is 17.8 Å². The molecule has 7 heteroatoms. The highest BCUT2D eigenvalue weighted by molar-refractivity contribution is 6.38. The third-order valence-corrected chi connectivity index (χ3v) is 2.79. The van der Waals surface area contributed by atoms with Gasteiger partial charge in [0, 0.05) is 10.9 Å². The molecule has 7 nitrogen and oxygen atoms in total. The van der Waals surface area contributed by atoms with E-state index in [1.807, 2.05) is 0 Å². The van der Waals surface area contributed by atoms with Crippen molar-refractivity contribution in [2.24, 2.45) is 0 Å². The third kappa shape index (κ3) is 2.86. The maximum Gasteiger partial charge on any atom is 0.397 e. The lowest BCUT2D eigenvalue weighted by Crippen LogP contribution is -2.25. The van der Waals surface area contributed by atoms with E-state index in [4.69, 9.17) is 0 Å². The Hall–Kier alpha value is -2.83. The standard InChI is InChI=1S/C14H14N2O5/c1-3-21-14(19)12(17)16-10-8-6-4-5-7-9(8)15-11(10)13(18)20-2/h4-7,15H,3H2,1-2H3,(H,16,17). The topological polar surface area (TPSA) is 97.5 Å². The molecule has 0 aliphatic rings. The minimum atomic E-state index is -1.02. The van der Waals surface area contributed by atoms with Crippen LogP contribution in [0.5, 0.6) is 0 Å². The fraction of sp³-hybridized carbons (Fsp3) is 0.214. The zero-order chi connectivity index (χ0) is 15.4. The summed E-state index contributed by atoms with van der Waals surface area (Å²) in [6.07, 6.45) is 0. The zero-order valence-electron chi connectivity index (χ0n) is 11.6. The molecule has 0 aliphatic heterocycles. The zero-order valence-corrected chi connectivity index (χ0v) is 11.6. The molecule has 0 spiro atoms. The van der Waals surface area contributed by atoms with Gasteiger partial charge in [-0.3, -0.25) is 4.79 Å². The second kappa shape index (κ2) is 6.08. The van der Waals surface area contributed by atoms with Crippen LogP contribution in [0.4, 0.5) is 5.69 Å². The van der Waals surface area contributed by atoms with Crippen molar-refractivity contribution < 1.29 is 23.9 Å². The fourth-order valence-corrected chi connectivity index (χ4v) is 1.89. The monoisotopic (exact) mass is 290 g/mol. The van der Waals surface area contributed by atoms with Gasteiger partial charge in [-0.15, -0.1) is 0 Å². The molecule has 0 fully saturated rings. The highest BCUT2D eigenvalue weighted by Crippen LogP contribution is 2.28. The second-order valence-electron chi connectivity index (χ2n) is 4.09. The number of carbonyl (C=O) groups excluding carboxylic acids is 3. The summed E-state index contributed by atoms with van der Waals surface area (Å²) in [5, 5.41) is 2.98. The molecule has 2 rings (SSSR count). The molecule has 110 valence electrons. The van der Waals surface area contributed by atoms with E-state index in [-0.39, 0.29) is 18.0 Å². The van der Waals surface area contributed by atoms with Crippen LogP contribution < -0.4 is 5.32 Å². The number of fused-ring (bicyclic) bond motifs is 1. The quantitative estimate of drug-likeness (QED) is 0.658. The number of H-pyrrole nitrogens is 1. The molecule has 0 radical (unpaired) electrons. The van der Waals surface area contributed by atoms with Gasteiger partial charge in [-0.25, -0.2) is 9.59 Å². The van der Waals surface area contributed by atoms with E-state index < -0.39 is 17.8 Å². The van der Waals surface area contributed by atoms with Crippen molar-refractivity contribution in [3.8, 4) is 0 Å². The van der Waals surface area contributed by atoms with Gasteiger partial charge in [-0.2, -0.15) is 0 Å². The highest BCUT2D eigenvalue weighted by atomic mass is 16.5. The van der Waals surface area contributed by atoms with Gasteiger partial charge in [0.05, 0.1) is 19.4 Å². The summed E-state index contributed by atoms with van der Waals surface area (Å²) in [6.45, 7) is 1.68. The van der Waals surface area contributed by atoms with E-state index in [2.05, 4.69) is 19.8 Å². The molecule has 2 aromatic rings. The van der Waals surface area contributed by atoms with Crippen LogP contribution in [-0.2, 0) is 19.1 Å². The van der Waals surface area contributed by atoms with E-state index in [1.165, 1.54) is 7.11 Å². The van der Waals surface area contributed by atoms with Gasteiger partial charge in [0.15, 0.2) is 0 Å². The average Bonchev–Trinajstić information content (AvgIpc) is 2.85. The van der Waals surface area contributed by atoms with Crippen molar-refractivity contribution in [1.29, 1.82) is 0 Å². The molecule has 0 saturated carbocycles. The molecule has 0 unspecified atom stereocenters. The maximum absolute atomic E-state index is 11.8. The number of carbonyl (C=O) groups is 3. The van der Waals surface area contributed by atoms with Crippen LogP contribution in [0.1, 0.15) is 17.4 Å². The van der Waals surface area contributed by atoms with Gasteiger partial charge < -0.3 is 19.8 Å². The molecule has 0 bridgehead atoms. The predicted molar refractivity (Wildman–Crippen MR) is 74.9 cm³/mol. The molecule has 0 saturated heterocycles. The number of benzene rings is 1. The Morgan fingerprint density at radius 3 is 2.62 bits per heavy atom. The Bertz CT molecular complexity index is 704. The van der Waals surface area contributed by atoms with E-state index in [1.54, 1.807) is 31.2 Å². The Morgan fingerprint density at radius 2 is 1.95 bits per heavy atom. The summed E-state index contributed by atoms with van der Waals surface area (Å²) in [6, 6.07) is 6.97. The third-order valence-electron chi connectivity index (χ3n) is 2.79. The van der Waals surface area contributed by atoms with Gasteiger partial charge in [0.25, 0.3) is 0 Å². The Labute approximate surface area is 120 Å². The summed E-state index contributed by atoms with van der Waals surface area (Å²) in [5.41, 5.74) is 0.893. The molecule has 2 N–H and O–H groups in total. The van der Waals surface area contributed by atoms with Crippen molar-refractivity contribution in [2.45, 2.75) is 6.92 Å². The fourth-order valence-electron chi connectivity index (χ4n) is 1.89. The first kappa shape index (κ1) is 14.6. The molecular weight excluding hydrogens is 276 g/mol. The molecule has 1 amide bonds. The molecule has 0 aliphatic carbocycles. The number of amides is 1. The number of ether oxygens (including phenoxy) is 2. The number of rotatable bonds is 3. The number of anilines is 1. The molecule has 1 aromatic heterocycles. The molecular formula is C14H14N2O5. The largest absolute Gasteiger partial charge is 0.464 e. The van der Waals surface area contributed by atoms with E-state index in [0.29, 0.717) is 10.9 Å². The highest BCUT2D eigenvalue weighted by Gasteiger charge is 2.23. The number of nitrogens with one attached hydrogen (secondary N) is 2. The van der Waals surface area contributed by atoms with E-state index >= 15 is 0 Å². The van der Waals surface area contributed by atoms with Crippen LogP contribution in [0.2, 0.25) is 0 Å². The summed E-state index contributed by atoms with van der Waals surface area (Å²) in [5.74, 6) is -2.62. The number of para-hydroxylation sites is 1. The second-order valence-corrected chi connectivity index (χ2v) is 4.09. The van der Waals surface area contributed by atoms with E-state index in [9.17, 15) is 14.4 Å². The van der Waals surface area contributed by atoms with Gasteiger partial charge in [-0.1, -0.05) is 18.2 Å². The van der Waals surface area contributed by atoms with Crippen molar-refractivity contribution in [1.82, 2.24) is 4.98 Å². The Morgan fingerprint density at radius 1 is 1.24 bits per heavy atom. The van der Waals surface area contributed by atoms with E-state index in [0.717, 1.165) is 0 Å². The number of methoxy groups -OCH3 is 1. The summed E-state index contributed by atoms with van der Waals surface area (Å²) in [4.78, 5) is 37.8. The first-order valence-corrected chi connectivity index (χ1v) is 6.25. The Kier molecular flexibility index (Phi) is 4.22. The molecule has 1 heterocycles. The number of hydrogen-bond acceptors (Lipinski definition) is 5. The lowest BCUT2D eigenvalue weighted by atomic mass is 10.2. The smallest absolute Gasteiger partial charge is 0.397 e. The lowest BCUT2D eigenvalue weighted by Gasteiger charge is -2.05. The number of hydrogen-bond donors (Lipinski definition) is 2. The van der Waals surface area contributed by atoms with Gasteiger partial charge in [0.1, 0.15) is 5.69 Å². The minimum Gasteiger partial charge on any atom is -0.464 e. The normalized spacial score (nSPS) is 10.2. The van der Waals surface area contributed by atoms with Crippen LogP contribution in [-0.4, -0.2) is 36.5 Å². The van der Waals surface area contributed by atoms with Gasteiger partial charge in [-0.05, 0) is 13.0 Å². The number of aromatic nitrogens is 1. The molecule has 0 atom stereocenters. The minimum absolute atomic E-state index is 0.0661. The van der Waals surface area contributed by atoms with Crippen molar-refractivity contribution in [2.75, 3.05) is 19.0 Å². The van der Waals surface area contributed by atoms with Crippen LogP contribution in [0.25, 0.3) is 10.9 Å². The number of esters is 2. The average molecular weight is 290 g/mol. The molecule has 21 heavy (non-hydrogen) atoms. The van der Waals surface area contributed by atoms with Crippen molar-refractivity contribution >= 4 is 34.4 Å². The number of aromatic amines is 1. The van der Waals surface area contributed by atoms with Crippen LogP contribution in [0.3, 0.4) is 0 Å². The first-order valence-electron chi connectivity index (χ1n) is 6.25. The van der Waals surface area contributed by atoms with Crippen LogP contribution in [0, 0.1) is 0 Å². The van der Waals surface area contributed by atoms with Crippen molar-refractivity contribution in [3.63, 3.8) is 0 Å². The lowest BCUT2D eigenvalue weighted by molar-refractivity contribution is -0.152. The predicted octanol–water partition coefficient (Wildman–Crippen LogP) is 1.46. The first-order chi connectivity index (χ1) is 10.1. The SMILES string of the molecule is CCOC(=O)C(=O)Nc1c(C(=O)OC)[nH]c2ccccc12. The van der Waals surface area contributed by atoms with Gasteiger partial charge in [0.2, 0.25) is 0 Å². The van der Waals surface area contributed by atoms with Crippen LogP contribution in [0.15, 0.2) is 24.3 Å². The summed E-state index contributed by atoms with van der Waals surface area (Å²) >= 11 is 0. The molecule has 1 aromatic carbocycles. The Balaban J connectivity index is 2.43. The maximum atomic E-state index is 11.8. The summed E-state index contributed by atoms with van der Waals surface area (Å²) in [7, 11) is 1.23. The van der Waals surface area contributed by atoms with Crippen molar-refractivity contribution in [3.05, 3.63) is 30.0 Å².